The second kappa shape index (κ2) is 42.0. The standard InChI is InChI=1S/C66H94N2O13/c69-63(70)55-25-37-61(38-26-55)80-65(73)57-29-33-59(34-30-57)78-47-23-19-15-11-7-3-1-5-9-13-17-21-41-67-43-49-75-50-44-68(46-52-77-54-53-76-51-45-67)42-22-18-14-10-6-2-4-8-12-16-20-24-48-79-60-35-31-58(32-36-60)66(74)81-62-39-27-56(28-40-62)64(71)72/h25-40H,1-24,41-54H2,(H,69,70)(H,71,72). The Kier molecular flexibility index (Phi) is 34.2. The largest absolute Gasteiger partial charge is 0.494 e. The number of unbranched alkanes of at least 4 members (excludes halogenated alkanes) is 22. The van der Waals surface area contributed by atoms with Crippen LogP contribution in [0.3, 0.4) is 0 Å². The molecule has 0 saturated carbocycles. The molecule has 4 aromatic rings. The molecule has 0 amide bonds. The summed E-state index contributed by atoms with van der Waals surface area (Å²) in [5, 5.41) is 18.1. The molecule has 1 heterocycles. The minimum atomic E-state index is -1.03. The van der Waals surface area contributed by atoms with Gasteiger partial charge < -0.3 is 43.4 Å². The Morgan fingerprint density at radius 2 is 0.568 bits per heavy atom. The maximum atomic E-state index is 12.5. The number of ether oxygens (including phenoxy) is 7. The van der Waals surface area contributed by atoms with E-state index in [1.807, 2.05) is 0 Å². The highest BCUT2D eigenvalue weighted by Crippen LogP contribution is 2.21. The first-order valence-electron chi connectivity index (χ1n) is 30.5. The smallest absolute Gasteiger partial charge is 0.343 e. The van der Waals surface area contributed by atoms with E-state index in [0.29, 0.717) is 49.1 Å². The van der Waals surface area contributed by atoms with Crippen molar-refractivity contribution in [1.29, 1.82) is 0 Å². The van der Waals surface area contributed by atoms with Crippen LogP contribution in [0.25, 0.3) is 0 Å². The summed E-state index contributed by atoms with van der Waals surface area (Å²) >= 11 is 0. The third-order valence-electron chi connectivity index (χ3n) is 14.7. The second-order valence-corrected chi connectivity index (χ2v) is 21.2. The number of carboxylic acid groups (broad SMARTS) is 2. The average molecular weight is 1120 g/mol. The summed E-state index contributed by atoms with van der Waals surface area (Å²) in [5.41, 5.74) is 1.06. The summed E-state index contributed by atoms with van der Waals surface area (Å²) in [6.45, 7) is 11.6. The lowest BCUT2D eigenvalue weighted by molar-refractivity contribution is 0.0320. The number of carbonyl (C=O) groups is 4. The Morgan fingerprint density at radius 3 is 0.864 bits per heavy atom. The van der Waals surface area contributed by atoms with Crippen molar-refractivity contribution in [3.05, 3.63) is 119 Å². The fourth-order valence-corrected chi connectivity index (χ4v) is 9.70. The van der Waals surface area contributed by atoms with Crippen LogP contribution in [-0.2, 0) is 14.2 Å². The highest BCUT2D eigenvalue weighted by Gasteiger charge is 2.14. The van der Waals surface area contributed by atoms with Crippen molar-refractivity contribution in [2.45, 2.75) is 154 Å². The zero-order valence-electron chi connectivity index (χ0n) is 48.4. The molecule has 1 saturated heterocycles. The number of aromatic carboxylic acids is 2. The predicted octanol–water partition coefficient (Wildman–Crippen LogP) is 14.0. The average Bonchev–Trinajstić information content (AvgIpc) is 3.49. The van der Waals surface area contributed by atoms with Gasteiger partial charge in [0.1, 0.15) is 23.0 Å². The molecule has 1 fully saturated rings. The minimum Gasteiger partial charge on any atom is -0.494 e. The topological polar surface area (TPSA) is 180 Å². The van der Waals surface area contributed by atoms with Gasteiger partial charge in [0.05, 0.1) is 75.1 Å². The van der Waals surface area contributed by atoms with Crippen LogP contribution in [0.15, 0.2) is 97.1 Å². The Balaban J connectivity index is 0.766. The fourth-order valence-electron chi connectivity index (χ4n) is 9.70. The molecule has 1 aliphatic rings. The van der Waals surface area contributed by atoms with Gasteiger partial charge in [-0.1, -0.05) is 128 Å². The predicted molar refractivity (Wildman–Crippen MR) is 317 cm³/mol. The van der Waals surface area contributed by atoms with Crippen molar-refractivity contribution < 1.29 is 62.5 Å². The molecule has 0 bridgehead atoms. The fraction of sp³-hybridized carbons (Fsp3) is 0.576. The van der Waals surface area contributed by atoms with Crippen LogP contribution < -0.4 is 18.9 Å². The molecular weight excluding hydrogens is 1030 g/mol. The summed E-state index contributed by atoms with van der Waals surface area (Å²) in [5.74, 6) is -1.05. The Morgan fingerprint density at radius 1 is 0.321 bits per heavy atom. The van der Waals surface area contributed by atoms with E-state index in [2.05, 4.69) is 9.80 Å². The number of esters is 2. The monoisotopic (exact) mass is 1120 g/mol. The first kappa shape index (κ1) is 66.0. The van der Waals surface area contributed by atoms with E-state index < -0.39 is 23.9 Å². The molecule has 0 radical (unpaired) electrons. The molecule has 1 aliphatic heterocycles. The minimum absolute atomic E-state index is 0.133. The normalized spacial score (nSPS) is 14.1. The van der Waals surface area contributed by atoms with Crippen molar-refractivity contribution in [1.82, 2.24) is 9.80 Å². The number of nitrogens with zero attached hydrogens (tertiary/aromatic N) is 2. The highest BCUT2D eigenvalue weighted by atomic mass is 16.5. The second-order valence-electron chi connectivity index (χ2n) is 21.2. The summed E-state index contributed by atoms with van der Waals surface area (Å²) in [6.07, 6.45) is 30.0. The van der Waals surface area contributed by atoms with Gasteiger partial charge in [0, 0.05) is 26.2 Å². The van der Waals surface area contributed by atoms with E-state index in [4.69, 9.17) is 43.4 Å². The molecule has 0 unspecified atom stereocenters. The lowest BCUT2D eigenvalue weighted by Crippen LogP contribution is -2.34. The number of rotatable bonds is 38. The van der Waals surface area contributed by atoms with Crippen LogP contribution in [0, 0.1) is 0 Å². The summed E-state index contributed by atoms with van der Waals surface area (Å²) in [7, 11) is 0. The van der Waals surface area contributed by atoms with Crippen molar-refractivity contribution in [3.8, 4) is 23.0 Å². The molecule has 446 valence electrons. The van der Waals surface area contributed by atoms with Crippen LogP contribution in [-0.4, -0.2) is 136 Å². The number of carboxylic acids is 2. The van der Waals surface area contributed by atoms with Gasteiger partial charge >= 0.3 is 23.9 Å². The Bertz CT molecular complexity index is 2130. The summed E-state index contributed by atoms with van der Waals surface area (Å²) < 4.78 is 40.6. The maximum absolute atomic E-state index is 12.5. The zero-order valence-corrected chi connectivity index (χ0v) is 48.4. The van der Waals surface area contributed by atoms with E-state index in [-0.39, 0.29) is 11.1 Å². The van der Waals surface area contributed by atoms with Crippen LogP contribution in [0.2, 0.25) is 0 Å². The molecule has 4 aromatic carbocycles. The van der Waals surface area contributed by atoms with Gasteiger partial charge in [0.15, 0.2) is 0 Å². The molecule has 2 N–H and O–H groups in total. The molecule has 5 rings (SSSR count). The number of hydrogen-bond acceptors (Lipinski definition) is 13. The summed E-state index contributed by atoms with van der Waals surface area (Å²) in [4.78, 5) is 52.0. The van der Waals surface area contributed by atoms with Gasteiger partial charge in [-0.3, -0.25) is 9.80 Å². The molecular formula is C66H94N2O13. The lowest BCUT2D eigenvalue weighted by atomic mass is 10.1. The third-order valence-corrected chi connectivity index (χ3v) is 14.7. The molecule has 0 spiro atoms. The van der Waals surface area contributed by atoms with Crippen molar-refractivity contribution >= 4 is 23.9 Å². The quantitative estimate of drug-likeness (QED) is 0.0246. The van der Waals surface area contributed by atoms with Crippen LogP contribution in [0.4, 0.5) is 0 Å². The molecule has 15 nitrogen and oxygen atoms in total. The lowest BCUT2D eigenvalue weighted by Gasteiger charge is -2.23. The van der Waals surface area contributed by atoms with Gasteiger partial charge in [0.2, 0.25) is 0 Å². The zero-order chi connectivity index (χ0) is 57.2. The number of carbonyl (C=O) groups excluding carboxylic acids is 2. The number of benzene rings is 4. The van der Waals surface area contributed by atoms with Gasteiger partial charge in [-0.15, -0.1) is 0 Å². The molecule has 0 atom stereocenters. The van der Waals surface area contributed by atoms with Crippen LogP contribution in [0.1, 0.15) is 196 Å². The van der Waals surface area contributed by atoms with Crippen molar-refractivity contribution in [3.63, 3.8) is 0 Å². The highest BCUT2D eigenvalue weighted by molar-refractivity contribution is 5.92. The molecule has 15 heteroatoms. The van der Waals surface area contributed by atoms with E-state index in [1.54, 1.807) is 48.5 Å². The van der Waals surface area contributed by atoms with Gasteiger partial charge in [-0.05, 0) is 136 Å². The Labute approximate surface area is 482 Å². The van der Waals surface area contributed by atoms with E-state index in [1.165, 1.54) is 177 Å². The molecule has 0 aromatic heterocycles. The first-order chi connectivity index (χ1) is 39.7. The van der Waals surface area contributed by atoms with E-state index in [0.717, 1.165) is 103 Å². The van der Waals surface area contributed by atoms with E-state index in [9.17, 15) is 19.2 Å². The maximum Gasteiger partial charge on any atom is 0.343 e. The first-order valence-corrected chi connectivity index (χ1v) is 30.5. The van der Waals surface area contributed by atoms with E-state index >= 15 is 0 Å². The van der Waals surface area contributed by atoms with Gasteiger partial charge in [-0.2, -0.15) is 0 Å². The van der Waals surface area contributed by atoms with Gasteiger partial charge in [-0.25, -0.2) is 19.2 Å². The van der Waals surface area contributed by atoms with Crippen LogP contribution in [0.5, 0.6) is 23.0 Å². The SMILES string of the molecule is O=C(O)c1ccc(OC(=O)c2ccc(OCCCCCCCCCCCCCCN3CCOCCOCCN(CCCCCCCCCCCCCCOc4ccc(C(=O)Oc5ccc(C(=O)O)cc5)cc4)CCOCC3)cc2)cc1. The number of hydrogen-bond donors (Lipinski definition) is 2. The van der Waals surface area contributed by atoms with Crippen molar-refractivity contribution in [2.75, 3.05) is 92.1 Å². The van der Waals surface area contributed by atoms with Crippen molar-refractivity contribution in [2.24, 2.45) is 0 Å². The molecule has 81 heavy (non-hydrogen) atoms. The van der Waals surface area contributed by atoms with Crippen LogP contribution >= 0.6 is 0 Å². The third kappa shape index (κ3) is 30.2. The Hall–Kier alpha value is -5.84. The van der Waals surface area contributed by atoms with Gasteiger partial charge in [0.25, 0.3) is 0 Å². The molecule has 0 aliphatic carbocycles. The summed E-state index contributed by atoms with van der Waals surface area (Å²) in [6, 6.07) is 25.3.